The van der Waals surface area contributed by atoms with Gasteiger partial charge in [0.05, 0.1) is 17.7 Å². The average Bonchev–Trinajstić information content (AvgIpc) is 2.70. The van der Waals surface area contributed by atoms with Crippen molar-refractivity contribution in [1.82, 2.24) is 4.57 Å². The van der Waals surface area contributed by atoms with Crippen molar-refractivity contribution in [1.29, 1.82) is 0 Å². The molecular formula is C23H23NO5. The van der Waals surface area contributed by atoms with E-state index in [4.69, 9.17) is 9.47 Å². The second-order valence-electron chi connectivity index (χ2n) is 7.07. The molecule has 0 radical (unpaired) electrons. The SMILES string of the molecule is CCOC(=O)c1ccc(OC(=O)c2cn(CC(C)C)c(=O)c3ccccc23)cc1. The Hall–Kier alpha value is -3.41. The van der Waals surface area contributed by atoms with Gasteiger partial charge in [-0.2, -0.15) is 0 Å². The molecule has 0 unspecified atom stereocenters. The number of rotatable bonds is 6. The zero-order valence-corrected chi connectivity index (χ0v) is 16.7. The van der Waals surface area contributed by atoms with Gasteiger partial charge >= 0.3 is 11.9 Å². The maximum atomic E-state index is 12.9. The summed E-state index contributed by atoms with van der Waals surface area (Å²) in [7, 11) is 0. The first-order chi connectivity index (χ1) is 13.9. The van der Waals surface area contributed by atoms with Crippen LogP contribution >= 0.6 is 0 Å². The first-order valence-corrected chi connectivity index (χ1v) is 9.52. The number of aromatic nitrogens is 1. The van der Waals surface area contributed by atoms with Crippen LogP contribution in [-0.2, 0) is 11.3 Å². The van der Waals surface area contributed by atoms with Crippen molar-refractivity contribution in [3.05, 3.63) is 76.2 Å². The number of hydrogen-bond donors (Lipinski definition) is 0. The van der Waals surface area contributed by atoms with Crippen LogP contribution in [0.4, 0.5) is 0 Å². The van der Waals surface area contributed by atoms with Gasteiger partial charge in [-0.05, 0) is 43.2 Å². The van der Waals surface area contributed by atoms with E-state index in [0.717, 1.165) is 0 Å². The molecule has 0 atom stereocenters. The van der Waals surface area contributed by atoms with Crippen LogP contribution in [-0.4, -0.2) is 23.1 Å². The Morgan fingerprint density at radius 2 is 1.62 bits per heavy atom. The number of fused-ring (bicyclic) bond motifs is 1. The number of esters is 2. The van der Waals surface area contributed by atoms with E-state index in [9.17, 15) is 14.4 Å². The van der Waals surface area contributed by atoms with Crippen molar-refractivity contribution in [3.63, 3.8) is 0 Å². The van der Waals surface area contributed by atoms with Crippen molar-refractivity contribution >= 4 is 22.7 Å². The van der Waals surface area contributed by atoms with E-state index in [1.54, 1.807) is 54.1 Å². The monoisotopic (exact) mass is 393 g/mol. The lowest BCUT2D eigenvalue weighted by Gasteiger charge is -2.13. The Balaban J connectivity index is 1.93. The maximum absolute atomic E-state index is 12.9. The Labute approximate surface area is 168 Å². The van der Waals surface area contributed by atoms with Crippen LogP contribution in [0.2, 0.25) is 0 Å². The molecule has 0 spiro atoms. The van der Waals surface area contributed by atoms with Crippen molar-refractivity contribution < 1.29 is 19.1 Å². The van der Waals surface area contributed by atoms with Crippen molar-refractivity contribution in [3.8, 4) is 5.75 Å². The molecule has 0 saturated carbocycles. The number of carbonyl (C=O) groups excluding carboxylic acids is 2. The van der Waals surface area contributed by atoms with Gasteiger partial charge in [-0.25, -0.2) is 9.59 Å². The van der Waals surface area contributed by atoms with Crippen LogP contribution in [0.5, 0.6) is 5.75 Å². The smallest absolute Gasteiger partial charge is 0.345 e. The lowest BCUT2D eigenvalue weighted by molar-refractivity contribution is 0.0526. The van der Waals surface area contributed by atoms with Crippen LogP contribution in [0, 0.1) is 5.92 Å². The van der Waals surface area contributed by atoms with Gasteiger partial charge in [0.2, 0.25) is 0 Å². The molecule has 0 saturated heterocycles. The Kier molecular flexibility index (Phi) is 6.12. The van der Waals surface area contributed by atoms with Crippen LogP contribution in [0.1, 0.15) is 41.5 Å². The number of pyridine rings is 1. The molecule has 0 aliphatic rings. The Morgan fingerprint density at radius 3 is 2.24 bits per heavy atom. The third-order valence-electron chi connectivity index (χ3n) is 4.35. The lowest BCUT2D eigenvalue weighted by Crippen LogP contribution is -2.25. The van der Waals surface area contributed by atoms with Crippen molar-refractivity contribution in [2.24, 2.45) is 5.92 Å². The molecule has 3 aromatic rings. The Bertz CT molecular complexity index is 1100. The van der Waals surface area contributed by atoms with Gasteiger partial charge in [-0.15, -0.1) is 0 Å². The molecule has 150 valence electrons. The summed E-state index contributed by atoms with van der Waals surface area (Å²) in [6, 6.07) is 13.1. The zero-order valence-electron chi connectivity index (χ0n) is 16.7. The minimum absolute atomic E-state index is 0.135. The fourth-order valence-electron chi connectivity index (χ4n) is 3.07. The third-order valence-corrected chi connectivity index (χ3v) is 4.35. The number of benzene rings is 2. The minimum Gasteiger partial charge on any atom is -0.462 e. The van der Waals surface area contributed by atoms with Gasteiger partial charge in [0.25, 0.3) is 5.56 Å². The minimum atomic E-state index is -0.567. The van der Waals surface area contributed by atoms with Crippen LogP contribution in [0.3, 0.4) is 0 Å². The van der Waals surface area contributed by atoms with Crippen LogP contribution in [0.15, 0.2) is 59.5 Å². The Morgan fingerprint density at radius 1 is 0.966 bits per heavy atom. The summed E-state index contributed by atoms with van der Waals surface area (Å²) in [6.45, 7) is 6.53. The van der Waals surface area contributed by atoms with Crippen molar-refractivity contribution in [2.75, 3.05) is 6.61 Å². The molecular weight excluding hydrogens is 370 g/mol. The maximum Gasteiger partial charge on any atom is 0.345 e. The molecule has 0 N–H and O–H groups in total. The highest BCUT2D eigenvalue weighted by molar-refractivity contribution is 6.04. The number of hydrogen-bond acceptors (Lipinski definition) is 5. The first kappa shape index (κ1) is 20.3. The largest absolute Gasteiger partial charge is 0.462 e. The highest BCUT2D eigenvalue weighted by Crippen LogP contribution is 2.20. The number of ether oxygens (including phenoxy) is 2. The number of carbonyl (C=O) groups is 2. The quantitative estimate of drug-likeness (QED) is 0.466. The highest BCUT2D eigenvalue weighted by Gasteiger charge is 2.17. The topological polar surface area (TPSA) is 74.6 Å². The normalized spacial score (nSPS) is 10.9. The lowest BCUT2D eigenvalue weighted by atomic mass is 10.1. The molecule has 0 aliphatic carbocycles. The van der Waals surface area contributed by atoms with E-state index < -0.39 is 11.9 Å². The van der Waals surface area contributed by atoms with Gasteiger partial charge in [-0.3, -0.25) is 4.79 Å². The van der Waals surface area contributed by atoms with E-state index in [1.807, 2.05) is 13.8 Å². The summed E-state index contributed by atoms with van der Waals surface area (Å²) in [5, 5.41) is 1.02. The van der Waals surface area contributed by atoms with E-state index in [-0.39, 0.29) is 18.1 Å². The molecule has 1 aromatic heterocycles. The number of nitrogens with zero attached hydrogens (tertiary/aromatic N) is 1. The summed E-state index contributed by atoms with van der Waals surface area (Å²) in [5.41, 5.74) is 0.558. The molecule has 0 aliphatic heterocycles. The average molecular weight is 393 g/mol. The summed E-state index contributed by atoms with van der Waals surface area (Å²) in [6.07, 6.45) is 1.56. The summed E-state index contributed by atoms with van der Waals surface area (Å²) in [4.78, 5) is 37.3. The van der Waals surface area contributed by atoms with E-state index in [1.165, 1.54) is 12.1 Å². The second kappa shape index (κ2) is 8.73. The molecule has 1 heterocycles. The van der Waals surface area contributed by atoms with Gasteiger partial charge < -0.3 is 14.0 Å². The standard InChI is InChI=1S/C23H23NO5/c1-4-28-22(26)16-9-11-17(12-10-16)29-23(27)20-14-24(13-15(2)3)21(25)19-8-6-5-7-18(19)20/h5-12,14-15H,4,13H2,1-3H3. The molecule has 6 heteroatoms. The predicted molar refractivity (Wildman–Crippen MR) is 110 cm³/mol. The summed E-state index contributed by atoms with van der Waals surface area (Å²) < 4.78 is 12.0. The first-order valence-electron chi connectivity index (χ1n) is 9.52. The predicted octanol–water partition coefficient (Wildman–Crippen LogP) is 4.05. The summed E-state index contributed by atoms with van der Waals surface area (Å²) >= 11 is 0. The van der Waals surface area contributed by atoms with Gasteiger partial charge in [0.1, 0.15) is 5.75 Å². The van der Waals surface area contributed by atoms with E-state index >= 15 is 0 Å². The molecule has 0 bridgehead atoms. The fraction of sp³-hybridized carbons (Fsp3) is 0.261. The van der Waals surface area contributed by atoms with Crippen LogP contribution < -0.4 is 10.3 Å². The molecule has 0 fully saturated rings. The van der Waals surface area contributed by atoms with Crippen LogP contribution in [0.25, 0.3) is 10.8 Å². The molecule has 0 amide bonds. The van der Waals surface area contributed by atoms with Crippen molar-refractivity contribution in [2.45, 2.75) is 27.3 Å². The zero-order chi connectivity index (χ0) is 21.0. The van der Waals surface area contributed by atoms with E-state index in [2.05, 4.69) is 0 Å². The highest BCUT2D eigenvalue weighted by atomic mass is 16.5. The summed E-state index contributed by atoms with van der Waals surface area (Å²) in [5.74, 6) is -0.457. The molecule has 29 heavy (non-hydrogen) atoms. The van der Waals surface area contributed by atoms with Gasteiger partial charge in [-0.1, -0.05) is 32.0 Å². The van der Waals surface area contributed by atoms with E-state index in [0.29, 0.717) is 34.2 Å². The van der Waals surface area contributed by atoms with Gasteiger partial charge in [0.15, 0.2) is 0 Å². The van der Waals surface area contributed by atoms with Gasteiger partial charge in [0, 0.05) is 23.5 Å². The fourth-order valence-corrected chi connectivity index (χ4v) is 3.07. The second-order valence-corrected chi connectivity index (χ2v) is 7.07. The molecule has 6 nitrogen and oxygen atoms in total. The molecule has 3 rings (SSSR count). The molecule has 2 aromatic carbocycles. The third kappa shape index (κ3) is 4.54.